The molecule has 1 N–H and O–H groups in total. The smallest absolute Gasteiger partial charge is 0.271 e. The van der Waals surface area contributed by atoms with Crippen LogP contribution in [0.1, 0.15) is 5.56 Å². The minimum Gasteiger partial charge on any atom is -0.356 e. The highest BCUT2D eigenvalue weighted by molar-refractivity contribution is 5.57. The van der Waals surface area contributed by atoms with Crippen molar-refractivity contribution in [1.29, 1.82) is 0 Å². The van der Waals surface area contributed by atoms with E-state index in [1.54, 1.807) is 13.0 Å². The predicted octanol–water partition coefficient (Wildman–Crippen LogP) is 2.06. The molecule has 0 atom stereocenters. The zero-order valence-electron chi connectivity index (χ0n) is 8.41. The van der Waals surface area contributed by atoms with Crippen LogP contribution >= 0.6 is 0 Å². The fourth-order valence-corrected chi connectivity index (χ4v) is 1.07. The van der Waals surface area contributed by atoms with Crippen molar-refractivity contribution < 1.29 is 9.85 Å². The van der Waals surface area contributed by atoms with Gasteiger partial charge in [0.1, 0.15) is 0 Å². The summed E-state index contributed by atoms with van der Waals surface area (Å²) in [5.41, 5.74) is 1.16. The molecule has 7 nitrogen and oxygen atoms in total. The van der Waals surface area contributed by atoms with Gasteiger partial charge >= 0.3 is 0 Å². The number of anilines is 1. The van der Waals surface area contributed by atoms with Crippen molar-refractivity contribution in [2.45, 2.75) is 6.92 Å². The van der Waals surface area contributed by atoms with Crippen LogP contribution in [-0.4, -0.2) is 9.85 Å². The molecule has 84 valence electrons. The van der Waals surface area contributed by atoms with Gasteiger partial charge in [-0.25, -0.2) is 0 Å². The maximum Gasteiger partial charge on any atom is 0.271 e. The SMILES string of the molecule is Cc1ccc([N+](=O)[O-])cc1N/C=C\[N+](=O)[O-]. The topological polar surface area (TPSA) is 98.3 Å². The number of non-ortho nitro benzene ring substituents is 1. The molecule has 0 aliphatic rings. The van der Waals surface area contributed by atoms with E-state index in [0.717, 1.165) is 18.0 Å². The van der Waals surface area contributed by atoms with E-state index in [4.69, 9.17) is 0 Å². The standard InChI is InChI=1S/C9H9N3O4/c1-7-2-3-8(12(15)16)6-9(7)10-4-5-11(13)14/h2-6,10H,1H3/b5-4-. The first-order chi connectivity index (χ1) is 7.50. The fourth-order valence-electron chi connectivity index (χ4n) is 1.07. The molecular formula is C9H9N3O4. The van der Waals surface area contributed by atoms with E-state index < -0.39 is 9.85 Å². The largest absolute Gasteiger partial charge is 0.356 e. The number of nitrogens with one attached hydrogen (secondary N) is 1. The summed E-state index contributed by atoms with van der Waals surface area (Å²) in [6.07, 6.45) is 1.84. The van der Waals surface area contributed by atoms with Gasteiger partial charge in [0.05, 0.1) is 16.0 Å². The minimum absolute atomic E-state index is 0.0670. The molecule has 0 bridgehead atoms. The molecule has 0 spiro atoms. The van der Waals surface area contributed by atoms with E-state index in [1.807, 2.05) is 0 Å². The Morgan fingerprint density at radius 3 is 2.56 bits per heavy atom. The van der Waals surface area contributed by atoms with Crippen molar-refractivity contribution in [3.05, 3.63) is 56.4 Å². The summed E-state index contributed by atoms with van der Waals surface area (Å²) in [6.45, 7) is 1.74. The van der Waals surface area contributed by atoms with Crippen molar-refractivity contribution in [1.82, 2.24) is 0 Å². The number of benzene rings is 1. The summed E-state index contributed by atoms with van der Waals surface area (Å²) in [4.78, 5) is 19.4. The van der Waals surface area contributed by atoms with Crippen molar-refractivity contribution >= 4 is 11.4 Å². The normalized spacial score (nSPS) is 10.3. The number of hydrogen-bond acceptors (Lipinski definition) is 5. The first-order valence-electron chi connectivity index (χ1n) is 4.32. The molecule has 0 aliphatic carbocycles. The first-order valence-corrected chi connectivity index (χ1v) is 4.32. The molecule has 0 saturated carbocycles. The Labute approximate surface area is 90.7 Å². The van der Waals surface area contributed by atoms with Gasteiger partial charge < -0.3 is 5.32 Å². The number of rotatable bonds is 4. The van der Waals surface area contributed by atoms with Crippen LogP contribution in [0.15, 0.2) is 30.6 Å². The molecule has 0 fully saturated rings. The Bertz CT molecular complexity index is 456. The molecule has 1 aromatic rings. The van der Waals surface area contributed by atoms with Crippen LogP contribution in [0.4, 0.5) is 11.4 Å². The Balaban J connectivity index is 2.90. The van der Waals surface area contributed by atoms with Gasteiger partial charge in [-0.3, -0.25) is 20.2 Å². The Morgan fingerprint density at radius 2 is 2.00 bits per heavy atom. The molecule has 0 radical (unpaired) electrons. The third-order valence-electron chi connectivity index (χ3n) is 1.87. The lowest BCUT2D eigenvalue weighted by atomic mass is 10.2. The number of hydrogen-bond donors (Lipinski definition) is 1. The van der Waals surface area contributed by atoms with Gasteiger partial charge in [-0.2, -0.15) is 0 Å². The molecule has 0 amide bonds. The lowest BCUT2D eigenvalue weighted by Crippen LogP contribution is -1.95. The zero-order valence-corrected chi connectivity index (χ0v) is 8.41. The first kappa shape index (κ1) is 11.6. The maximum absolute atomic E-state index is 10.5. The highest BCUT2D eigenvalue weighted by Gasteiger charge is 2.07. The molecule has 16 heavy (non-hydrogen) atoms. The van der Waals surface area contributed by atoms with Crippen LogP contribution in [0, 0.1) is 27.2 Å². The van der Waals surface area contributed by atoms with E-state index in [-0.39, 0.29) is 5.69 Å². The van der Waals surface area contributed by atoms with Gasteiger partial charge in [-0.1, -0.05) is 6.07 Å². The van der Waals surface area contributed by atoms with E-state index >= 15 is 0 Å². The van der Waals surface area contributed by atoms with E-state index in [1.165, 1.54) is 12.1 Å². The van der Waals surface area contributed by atoms with E-state index in [0.29, 0.717) is 5.69 Å². The molecule has 1 rings (SSSR count). The van der Waals surface area contributed by atoms with Crippen molar-refractivity contribution in [3.8, 4) is 0 Å². The average molecular weight is 223 g/mol. The third kappa shape index (κ3) is 3.05. The number of nitro groups is 2. The quantitative estimate of drug-likeness (QED) is 0.622. The van der Waals surface area contributed by atoms with Crippen LogP contribution in [-0.2, 0) is 0 Å². The van der Waals surface area contributed by atoms with Gasteiger partial charge in [0.2, 0.25) is 6.20 Å². The molecule has 0 saturated heterocycles. The lowest BCUT2D eigenvalue weighted by molar-refractivity contribution is -0.402. The highest BCUT2D eigenvalue weighted by atomic mass is 16.6. The predicted molar refractivity (Wildman–Crippen MR) is 57.6 cm³/mol. The number of aryl methyl sites for hydroxylation is 1. The van der Waals surface area contributed by atoms with Crippen LogP contribution in [0.5, 0.6) is 0 Å². The van der Waals surface area contributed by atoms with E-state index in [2.05, 4.69) is 5.32 Å². The Kier molecular flexibility index (Phi) is 3.54. The van der Waals surface area contributed by atoms with Gasteiger partial charge in [0.25, 0.3) is 5.69 Å². The minimum atomic E-state index is -0.625. The third-order valence-corrected chi connectivity index (χ3v) is 1.87. The van der Waals surface area contributed by atoms with Crippen LogP contribution in [0.2, 0.25) is 0 Å². The molecule has 0 aromatic heterocycles. The summed E-state index contributed by atoms with van der Waals surface area (Å²) < 4.78 is 0. The molecular weight excluding hydrogens is 214 g/mol. The lowest BCUT2D eigenvalue weighted by Gasteiger charge is -2.03. The summed E-state index contributed by atoms with van der Waals surface area (Å²) >= 11 is 0. The second-order valence-corrected chi connectivity index (χ2v) is 3.00. The summed E-state index contributed by atoms with van der Waals surface area (Å²) in [7, 11) is 0. The van der Waals surface area contributed by atoms with Crippen LogP contribution in [0.3, 0.4) is 0 Å². The fraction of sp³-hybridized carbons (Fsp3) is 0.111. The van der Waals surface area contributed by atoms with Gasteiger partial charge in [-0.05, 0) is 12.5 Å². The molecule has 0 unspecified atom stereocenters. The molecule has 7 heteroatoms. The summed E-state index contributed by atoms with van der Waals surface area (Å²) in [5.74, 6) is 0. The second-order valence-electron chi connectivity index (χ2n) is 3.00. The average Bonchev–Trinajstić information content (AvgIpc) is 2.20. The van der Waals surface area contributed by atoms with Gasteiger partial charge in [0, 0.05) is 17.8 Å². The van der Waals surface area contributed by atoms with Gasteiger partial charge in [-0.15, -0.1) is 0 Å². The van der Waals surface area contributed by atoms with Crippen LogP contribution < -0.4 is 5.32 Å². The van der Waals surface area contributed by atoms with Crippen molar-refractivity contribution in [2.75, 3.05) is 5.32 Å². The van der Waals surface area contributed by atoms with E-state index in [9.17, 15) is 20.2 Å². The number of nitro benzene ring substituents is 1. The summed E-state index contributed by atoms with van der Waals surface area (Å²) in [5, 5.41) is 23.1. The van der Waals surface area contributed by atoms with Crippen molar-refractivity contribution in [3.63, 3.8) is 0 Å². The molecule has 0 aliphatic heterocycles. The number of nitrogens with zero attached hydrogens (tertiary/aromatic N) is 2. The van der Waals surface area contributed by atoms with Crippen molar-refractivity contribution in [2.24, 2.45) is 0 Å². The van der Waals surface area contributed by atoms with Gasteiger partial charge in [0.15, 0.2) is 0 Å². The Hall–Kier alpha value is -2.44. The second kappa shape index (κ2) is 4.87. The zero-order chi connectivity index (χ0) is 12.1. The monoisotopic (exact) mass is 223 g/mol. The molecule has 1 aromatic carbocycles. The summed E-state index contributed by atoms with van der Waals surface area (Å²) in [6, 6.07) is 4.26. The van der Waals surface area contributed by atoms with Crippen LogP contribution in [0.25, 0.3) is 0 Å². The Morgan fingerprint density at radius 1 is 1.31 bits per heavy atom. The maximum atomic E-state index is 10.5. The molecule has 0 heterocycles. The highest BCUT2D eigenvalue weighted by Crippen LogP contribution is 2.21.